The van der Waals surface area contributed by atoms with E-state index in [1.165, 1.54) is 19.6 Å². The molecule has 0 fully saturated rings. The predicted octanol–water partition coefficient (Wildman–Crippen LogP) is 2.15. The lowest BCUT2D eigenvalue weighted by molar-refractivity contribution is 0.159. The second-order valence-electron chi connectivity index (χ2n) is 3.92. The van der Waals surface area contributed by atoms with E-state index in [1.54, 1.807) is 30.3 Å². The summed E-state index contributed by atoms with van der Waals surface area (Å²) < 4.78 is 10.1. The number of ether oxygens (including phenoxy) is 1. The topological polar surface area (TPSA) is 75.2 Å². The molecule has 0 bridgehead atoms. The molecule has 0 radical (unpaired) electrons. The van der Waals surface area contributed by atoms with Crippen molar-refractivity contribution in [3.63, 3.8) is 0 Å². The number of furan rings is 1. The van der Waals surface area contributed by atoms with Gasteiger partial charge < -0.3 is 19.4 Å². The van der Waals surface area contributed by atoms with Crippen LogP contribution in [-0.2, 0) is 0 Å². The first kappa shape index (κ1) is 13.2. The lowest BCUT2D eigenvalue weighted by atomic mass is 10.2. The van der Waals surface area contributed by atoms with E-state index in [1.807, 2.05) is 0 Å². The van der Waals surface area contributed by atoms with Crippen LogP contribution in [0.25, 0.3) is 0 Å². The molecule has 1 aromatic carbocycles. The van der Waals surface area contributed by atoms with E-state index in [2.05, 4.69) is 4.99 Å². The molecule has 1 heterocycles. The van der Waals surface area contributed by atoms with Crippen LogP contribution >= 0.6 is 0 Å². The molecule has 2 rings (SSSR count). The molecule has 100 valence electrons. The number of phenolic OH excluding ortho intramolecular Hbond substituents is 1. The zero-order chi connectivity index (χ0) is 13.7. The number of methoxy groups -OCH3 is 1. The summed E-state index contributed by atoms with van der Waals surface area (Å²) in [6, 6.07) is 8.51. The average molecular weight is 261 g/mol. The van der Waals surface area contributed by atoms with Crippen LogP contribution in [0, 0.1) is 0 Å². The zero-order valence-corrected chi connectivity index (χ0v) is 10.5. The third kappa shape index (κ3) is 3.14. The quantitative estimate of drug-likeness (QED) is 0.809. The van der Waals surface area contributed by atoms with Gasteiger partial charge in [-0.25, -0.2) is 0 Å². The van der Waals surface area contributed by atoms with Crippen molar-refractivity contribution in [2.75, 3.05) is 13.7 Å². The number of benzene rings is 1. The van der Waals surface area contributed by atoms with Gasteiger partial charge in [0, 0.05) is 11.8 Å². The van der Waals surface area contributed by atoms with Gasteiger partial charge in [-0.15, -0.1) is 0 Å². The first-order valence-electron chi connectivity index (χ1n) is 5.79. The number of hydrogen-bond acceptors (Lipinski definition) is 5. The van der Waals surface area contributed by atoms with Crippen molar-refractivity contribution >= 4 is 6.21 Å². The maximum absolute atomic E-state index is 9.84. The Hall–Kier alpha value is -2.27. The van der Waals surface area contributed by atoms with Gasteiger partial charge in [0.15, 0.2) is 11.5 Å². The Kier molecular flexibility index (Phi) is 4.20. The van der Waals surface area contributed by atoms with Crippen LogP contribution < -0.4 is 4.74 Å². The molecular weight excluding hydrogens is 246 g/mol. The smallest absolute Gasteiger partial charge is 0.166 e. The summed E-state index contributed by atoms with van der Waals surface area (Å²) in [7, 11) is 1.48. The van der Waals surface area contributed by atoms with E-state index in [0.717, 1.165) is 0 Å². The second-order valence-corrected chi connectivity index (χ2v) is 3.92. The van der Waals surface area contributed by atoms with Crippen molar-refractivity contribution in [3.05, 3.63) is 47.9 Å². The standard InChI is InChI=1S/C14H15NO4/c1-18-13-5-2-4-10(14(13)17)8-15-9-11(16)12-6-3-7-19-12/h2-8,11,16-17H,9H2,1H3. The Balaban J connectivity index is 2.03. The molecule has 0 spiro atoms. The molecule has 0 aliphatic heterocycles. The molecule has 0 amide bonds. The molecule has 2 aromatic rings. The number of phenols is 1. The highest BCUT2D eigenvalue weighted by atomic mass is 16.5. The maximum atomic E-state index is 9.84. The molecule has 5 nitrogen and oxygen atoms in total. The van der Waals surface area contributed by atoms with Crippen LogP contribution in [0.2, 0.25) is 0 Å². The first-order valence-corrected chi connectivity index (χ1v) is 5.79. The van der Waals surface area contributed by atoms with Crippen LogP contribution in [0.3, 0.4) is 0 Å². The van der Waals surface area contributed by atoms with Crippen LogP contribution in [-0.4, -0.2) is 30.1 Å². The molecule has 5 heteroatoms. The SMILES string of the molecule is COc1cccc(C=NCC(O)c2ccco2)c1O. The summed E-state index contributed by atoms with van der Waals surface area (Å²) in [6.45, 7) is 0.157. The molecule has 1 unspecified atom stereocenters. The fourth-order valence-corrected chi connectivity index (χ4v) is 1.63. The van der Waals surface area contributed by atoms with E-state index in [4.69, 9.17) is 9.15 Å². The highest BCUT2D eigenvalue weighted by Gasteiger charge is 2.09. The third-order valence-electron chi connectivity index (χ3n) is 2.63. The fraction of sp³-hybridized carbons (Fsp3) is 0.214. The number of para-hydroxylation sites is 1. The Morgan fingerprint density at radius 3 is 2.89 bits per heavy atom. The molecular formula is C14H15NO4. The van der Waals surface area contributed by atoms with Gasteiger partial charge in [0.05, 0.1) is 19.9 Å². The number of nitrogens with zero attached hydrogens (tertiary/aromatic N) is 1. The van der Waals surface area contributed by atoms with Crippen LogP contribution in [0.1, 0.15) is 17.4 Å². The monoisotopic (exact) mass is 261 g/mol. The van der Waals surface area contributed by atoms with Crippen molar-refractivity contribution in [2.45, 2.75) is 6.10 Å². The van der Waals surface area contributed by atoms with Gasteiger partial charge in [0.25, 0.3) is 0 Å². The van der Waals surface area contributed by atoms with Crippen molar-refractivity contribution in [1.29, 1.82) is 0 Å². The van der Waals surface area contributed by atoms with Crippen molar-refractivity contribution in [2.24, 2.45) is 4.99 Å². The largest absolute Gasteiger partial charge is 0.504 e. The highest BCUT2D eigenvalue weighted by Crippen LogP contribution is 2.28. The maximum Gasteiger partial charge on any atom is 0.166 e. The van der Waals surface area contributed by atoms with E-state index in [-0.39, 0.29) is 12.3 Å². The number of hydrogen-bond donors (Lipinski definition) is 2. The van der Waals surface area contributed by atoms with Crippen molar-refractivity contribution in [3.8, 4) is 11.5 Å². The van der Waals surface area contributed by atoms with Gasteiger partial charge in [0.2, 0.25) is 0 Å². The number of aliphatic imine (C=N–C) groups is 1. The Labute approximate surface area is 110 Å². The molecule has 0 saturated heterocycles. The normalized spacial score (nSPS) is 12.7. The van der Waals surface area contributed by atoms with Gasteiger partial charge >= 0.3 is 0 Å². The van der Waals surface area contributed by atoms with Gasteiger partial charge in [-0.1, -0.05) is 6.07 Å². The fourth-order valence-electron chi connectivity index (χ4n) is 1.63. The number of aromatic hydroxyl groups is 1. The van der Waals surface area contributed by atoms with E-state index < -0.39 is 6.10 Å². The first-order chi connectivity index (χ1) is 9.22. The van der Waals surface area contributed by atoms with E-state index >= 15 is 0 Å². The summed E-state index contributed by atoms with van der Waals surface area (Å²) in [6.07, 6.45) is 2.19. The Bertz CT molecular complexity index is 549. The molecule has 19 heavy (non-hydrogen) atoms. The van der Waals surface area contributed by atoms with E-state index in [9.17, 15) is 10.2 Å². The summed E-state index contributed by atoms with van der Waals surface area (Å²) in [5.41, 5.74) is 0.533. The second kappa shape index (κ2) is 6.06. The van der Waals surface area contributed by atoms with Gasteiger partial charge in [-0.05, 0) is 24.3 Å². The molecule has 0 aliphatic rings. The van der Waals surface area contributed by atoms with Gasteiger partial charge in [-0.3, -0.25) is 4.99 Å². The Morgan fingerprint density at radius 2 is 2.21 bits per heavy atom. The molecule has 0 saturated carbocycles. The number of rotatable bonds is 5. The zero-order valence-electron chi connectivity index (χ0n) is 10.5. The van der Waals surface area contributed by atoms with Crippen LogP contribution in [0.15, 0.2) is 46.0 Å². The predicted molar refractivity (Wildman–Crippen MR) is 70.8 cm³/mol. The van der Waals surface area contributed by atoms with Crippen molar-refractivity contribution < 1.29 is 19.4 Å². The minimum atomic E-state index is -0.793. The number of aliphatic hydroxyl groups excluding tert-OH is 1. The Morgan fingerprint density at radius 1 is 1.37 bits per heavy atom. The summed E-state index contributed by atoms with van der Waals surface area (Å²) >= 11 is 0. The minimum absolute atomic E-state index is 0.0289. The molecule has 2 N–H and O–H groups in total. The van der Waals surface area contributed by atoms with Crippen molar-refractivity contribution in [1.82, 2.24) is 0 Å². The summed E-state index contributed by atoms with van der Waals surface area (Å²) in [5, 5.41) is 19.6. The molecule has 0 aliphatic carbocycles. The van der Waals surface area contributed by atoms with Gasteiger partial charge in [0.1, 0.15) is 11.9 Å². The highest BCUT2D eigenvalue weighted by molar-refractivity contribution is 5.84. The number of aliphatic hydroxyl groups is 1. The van der Waals surface area contributed by atoms with E-state index in [0.29, 0.717) is 17.1 Å². The van der Waals surface area contributed by atoms with Gasteiger partial charge in [-0.2, -0.15) is 0 Å². The third-order valence-corrected chi connectivity index (χ3v) is 2.63. The minimum Gasteiger partial charge on any atom is -0.504 e. The summed E-state index contributed by atoms with van der Waals surface area (Å²) in [5.74, 6) is 0.879. The molecule has 1 atom stereocenters. The van der Waals surface area contributed by atoms with Crippen LogP contribution in [0.5, 0.6) is 11.5 Å². The summed E-state index contributed by atoms with van der Waals surface area (Å²) in [4.78, 5) is 4.08. The lowest BCUT2D eigenvalue weighted by Crippen LogP contribution is -2.00. The lowest BCUT2D eigenvalue weighted by Gasteiger charge is -2.06. The average Bonchev–Trinajstić information content (AvgIpc) is 2.94. The molecule has 1 aromatic heterocycles. The van der Waals surface area contributed by atoms with Crippen LogP contribution in [0.4, 0.5) is 0 Å².